The first-order chi connectivity index (χ1) is 9.35. The Kier molecular flexibility index (Phi) is 8.76. The van der Waals surface area contributed by atoms with Gasteiger partial charge in [0.1, 0.15) is 0 Å². The van der Waals surface area contributed by atoms with Gasteiger partial charge in [-0.1, -0.05) is 0 Å². The van der Waals surface area contributed by atoms with Crippen molar-refractivity contribution in [2.24, 2.45) is 12.0 Å². The SMILES string of the molecule is CN=C(NCC(F)F)NC(C)Cc1c(C)nn(C)c1C.I. The Bertz CT molecular complexity index is 473. The maximum absolute atomic E-state index is 12.2. The van der Waals surface area contributed by atoms with Crippen LogP contribution in [0.15, 0.2) is 4.99 Å². The van der Waals surface area contributed by atoms with Crippen LogP contribution in [0.25, 0.3) is 0 Å². The van der Waals surface area contributed by atoms with E-state index in [1.165, 1.54) is 5.56 Å². The standard InChI is InChI=1S/C13H23F2N5.HI/c1-8(18-13(16-4)17-7-12(14)15)6-11-9(2)19-20(5)10(11)3;/h8,12H,6-7H2,1-5H3,(H2,16,17,18);1H. The molecule has 1 aromatic rings. The number of hydrogen-bond donors (Lipinski definition) is 2. The maximum atomic E-state index is 12.2. The minimum atomic E-state index is -2.40. The third kappa shape index (κ3) is 6.15. The molecular formula is C13H24F2IN5. The summed E-state index contributed by atoms with van der Waals surface area (Å²) in [6.45, 7) is 5.57. The second-order valence-electron chi connectivity index (χ2n) is 4.87. The van der Waals surface area contributed by atoms with Gasteiger partial charge in [0.2, 0.25) is 0 Å². The molecule has 0 bridgehead atoms. The van der Waals surface area contributed by atoms with Crippen molar-refractivity contribution in [3.05, 3.63) is 17.0 Å². The van der Waals surface area contributed by atoms with Crippen molar-refractivity contribution in [3.63, 3.8) is 0 Å². The highest BCUT2D eigenvalue weighted by atomic mass is 127. The summed E-state index contributed by atoms with van der Waals surface area (Å²) in [5.74, 6) is 0.386. The fourth-order valence-corrected chi connectivity index (χ4v) is 2.07. The van der Waals surface area contributed by atoms with Gasteiger partial charge in [0.05, 0.1) is 12.2 Å². The summed E-state index contributed by atoms with van der Waals surface area (Å²) in [6.07, 6.45) is -1.63. The van der Waals surface area contributed by atoms with Crippen LogP contribution in [0, 0.1) is 13.8 Å². The molecule has 1 rings (SSSR count). The van der Waals surface area contributed by atoms with E-state index in [4.69, 9.17) is 0 Å². The summed E-state index contributed by atoms with van der Waals surface area (Å²) in [5.41, 5.74) is 3.29. The van der Waals surface area contributed by atoms with Crippen LogP contribution < -0.4 is 10.6 Å². The third-order valence-corrected chi connectivity index (χ3v) is 3.20. The van der Waals surface area contributed by atoms with Crippen molar-refractivity contribution in [1.29, 1.82) is 0 Å². The molecule has 8 heteroatoms. The Labute approximate surface area is 141 Å². The molecule has 5 nitrogen and oxygen atoms in total. The molecule has 0 aliphatic heterocycles. The lowest BCUT2D eigenvalue weighted by Gasteiger charge is -2.18. The van der Waals surface area contributed by atoms with Crippen LogP contribution in [-0.2, 0) is 13.5 Å². The molecule has 0 aliphatic rings. The van der Waals surface area contributed by atoms with Crippen molar-refractivity contribution in [3.8, 4) is 0 Å². The van der Waals surface area contributed by atoms with Gasteiger partial charge in [0.15, 0.2) is 5.96 Å². The van der Waals surface area contributed by atoms with E-state index in [0.717, 1.165) is 17.8 Å². The highest BCUT2D eigenvalue weighted by Crippen LogP contribution is 2.14. The molecule has 1 aromatic heterocycles. The van der Waals surface area contributed by atoms with E-state index in [1.54, 1.807) is 7.05 Å². The van der Waals surface area contributed by atoms with Crippen LogP contribution in [0.3, 0.4) is 0 Å². The first-order valence-electron chi connectivity index (χ1n) is 6.59. The van der Waals surface area contributed by atoms with Crippen molar-refractivity contribution in [2.75, 3.05) is 13.6 Å². The first-order valence-corrected chi connectivity index (χ1v) is 6.59. The Hall–Kier alpha value is -0.930. The second kappa shape index (κ2) is 9.16. The molecular weight excluding hydrogens is 391 g/mol. The lowest BCUT2D eigenvalue weighted by Crippen LogP contribution is -2.44. The molecule has 2 N–H and O–H groups in total. The summed E-state index contributed by atoms with van der Waals surface area (Å²) in [4.78, 5) is 3.93. The van der Waals surface area contributed by atoms with E-state index >= 15 is 0 Å². The molecule has 1 atom stereocenters. The number of nitrogens with zero attached hydrogens (tertiary/aromatic N) is 3. The number of guanidine groups is 1. The van der Waals surface area contributed by atoms with Gasteiger partial charge in [-0.25, -0.2) is 8.78 Å². The number of nitrogens with one attached hydrogen (secondary N) is 2. The molecule has 0 saturated carbocycles. The number of aliphatic imine (C=N–C) groups is 1. The van der Waals surface area contributed by atoms with Gasteiger partial charge in [0, 0.05) is 25.8 Å². The molecule has 122 valence electrons. The molecule has 0 amide bonds. The zero-order valence-electron chi connectivity index (χ0n) is 13.1. The van der Waals surface area contributed by atoms with Crippen LogP contribution in [-0.4, -0.2) is 41.8 Å². The van der Waals surface area contributed by atoms with Crippen LogP contribution in [0.5, 0.6) is 0 Å². The Balaban J connectivity index is 0.00000400. The van der Waals surface area contributed by atoms with Gasteiger partial charge in [-0.05, 0) is 32.8 Å². The second-order valence-corrected chi connectivity index (χ2v) is 4.87. The van der Waals surface area contributed by atoms with Crippen molar-refractivity contribution >= 4 is 29.9 Å². The molecule has 0 spiro atoms. The summed E-state index contributed by atoms with van der Waals surface area (Å²) in [5, 5.41) is 10.1. The maximum Gasteiger partial charge on any atom is 0.255 e. The quantitative estimate of drug-likeness (QED) is 0.440. The minimum Gasteiger partial charge on any atom is -0.354 e. The van der Waals surface area contributed by atoms with Gasteiger partial charge < -0.3 is 10.6 Å². The zero-order chi connectivity index (χ0) is 15.3. The van der Waals surface area contributed by atoms with Crippen molar-refractivity contribution in [1.82, 2.24) is 20.4 Å². The number of alkyl halides is 2. The number of aromatic nitrogens is 2. The van der Waals surface area contributed by atoms with E-state index in [9.17, 15) is 8.78 Å². The van der Waals surface area contributed by atoms with Gasteiger partial charge in [-0.15, -0.1) is 24.0 Å². The topological polar surface area (TPSA) is 54.2 Å². The van der Waals surface area contributed by atoms with Crippen LogP contribution in [0.2, 0.25) is 0 Å². The summed E-state index contributed by atoms with van der Waals surface area (Å²) in [6, 6.07) is 0.0699. The average molecular weight is 415 g/mol. The lowest BCUT2D eigenvalue weighted by molar-refractivity contribution is 0.152. The minimum absolute atomic E-state index is 0. The van der Waals surface area contributed by atoms with Gasteiger partial charge in [0.25, 0.3) is 6.43 Å². The summed E-state index contributed by atoms with van der Waals surface area (Å²) >= 11 is 0. The lowest BCUT2D eigenvalue weighted by atomic mass is 10.1. The molecule has 0 saturated heterocycles. The number of hydrogen-bond acceptors (Lipinski definition) is 2. The molecule has 0 aliphatic carbocycles. The highest BCUT2D eigenvalue weighted by molar-refractivity contribution is 14.0. The van der Waals surface area contributed by atoms with E-state index in [2.05, 4.69) is 20.7 Å². The number of aryl methyl sites for hydroxylation is 2. The monoisotopic (exact) mass is 415 g/mol. The van der Waals surface area contributed by atoms with Crippen molar-refractivity contribution < 1.29 is 8.78 Å². The van der Waals surface area contributed by atoms with Gasteiger partial charge in [-0.2, -0.15) is 5.10 Å². The predicted molar refractivity (Wildman–Crippen MR) is 91.8 cm³/mol. The zero-order valence-corrected chi connectivity index (χ0v) is 15.4. The number of rotatable bonds is 5. The molecule has 1 heterocycles. The normalized spacial score (nSPS) is 13.0. The number of halogens is 3. The molecule has 1 unspecified atom stereocenters. The van der Waals surface area contributed by atoms with E-state index in [-0.39, 0.29) is 30.0 Å². The smallest absolute Gasteiger partial charge is 0.255 e. The van der Waals surface area contributed by atoms with E-state index in [1.807, 2.05) is 32.5 Å². The van der Waals surface area contributed by atoms with Crippen LogP contribution >= 0.6 is 24.0 Å². The molecule has 0 fully saturated rings. The molecule has 0 aromatic carbocycles. The fraction of sp³-hybridized carbons (Fsp3) is 0.692. The predicted octanol–water partition coefficient (Wildman–Crippen LogP) is 2.02. The van der Waals surface area contributed by atoms with E-state index in [0.29, 0.717) is 5.96 Å². The Morgan fingerprint density at radius 3 is 2.43 bits per heavy atom. The Morgan fingerprint density at radius 2 is 2.00 bits per heavy atom. The third-order valence-electron chi connectivity index (χ3n) is 3.20. The first kappa shape index (κ1) is 20.1. The molecule has 0 radical (unpaired) electrons. The Morgan fingerprint density at radius 1 is 1.38 bits per heavy atom. The van der Waals surface area contributed by atoms with Gasteiger partial charge >= 0.3 is 0 Å². The highest BCUT2D eigenvalue weighted by Gasteiger charge is 2.14. The largest absolute Gasteiger partial charge is 0.354 e. The van der Waals surface area contributed by atoms with Crippen molar-refractivity contribution in [2.45, 2.75) is 39.7 Å². The molecule has 21 heavy (non-hydrogen) atoms. The van der Waals surface area contributed by atoms with Gasteiger partial charge in [-0.3, -0.25) is 9.67 Å². The average Bonchev–Trinajstić information content (AvgIpc) is 2.61. The van der Waals surface area contributed by atoms with Crippen LogP contribution in [0.1, 0.15) is 23.9 Å². The van der Waals surface area contributed by atoms with Crippen LogP contribution in [0.4, 0.5) is 8.78 Å². The van der Waals surface area contributed by atoms with E-state index < -0.39 is 13.0 Å². The summed E-state index contributed by atoms with van der Waals surface area (Å²) in [7, 11) is 3.47. The fourth-order valence-electron chi connectivity index (χ4n) is 2.07. The summed E-state index contributed by atoms with van der Waals surface area (Å²) < 4.78 is 26.2.